The van der Waals surface area contributed by atoms with Gasteiger partial charge in [-0.05, 0) is 48.4 Å². The molecule has 1 aliphatic heterocycles. The molecule has 2 heterocycles. The first-order valence-electron chi connectivity index (χ1n) is 8.95. The van der Waals surface area contributed by atoms with Crippen LogP contribution in [0.2, 0.25) is 0 Å². The van der Waals surface area contributed by atoms with Gasteiger partial charge in [-0.3, -0.25) is 9.89 Å². The zero-order valence-electron chi connectivity index (χ0n) is 15.8. The van der Waals surface area contributed by atoms with Crippen molar-refractivity contribution in [2.24, 2.45) is 4.99 Å². The van der Waals surface area contributed by atoms with Crippen LogP contribution in [-0.4, -0.2) is 37.0 Å². The van der Waals surface area contributed by atoms with Crippen molar-refractivity contribution in [3.05, 3.63) is 57.3 Å². The van der Waals surface area contributed by atoms with Crippen LogP contribution in [0.3, 0.4) is 0 Å². The fourth-order valence-corrected chi connectivity index (χ4v) is 4.08. The van der Waals surface area contributed by atoms with E-state index in [1.807, 2.05) is 7.05 Å². The summed E-state index contributed by atoms with van der Waals surface area (Å²) in [6.45, 7) is 8.33. The summed E-state index contributed by atoms with van der Waals surface area (Å²) in [6.07, 6.45) is 1.14. The van der Waals surface area contributed by atoms with Gasteiger partial charge in [0, 0.05) is 37.6 Å². The quantitative estimate of drug-likeness (QED) is 0.386. The molecule has 0 saturated carbocycles. The molecule has 1 aromatic carbocycles. The highest BCUT2D eigenvalue weighted by atomic mass is 127. The summed E-state index contributed by atoms with van der Waals surface area (Å²) >= 11 is 1.79. The van der Waals surface area contributed by atoms with E-state index in [-0.39, 0.29) is 24.0 Å². The van der Waals surface area contributed by atoms with Crippen molar-refractivity contribution in [3.63, 3.8) is 0 Å². The van der Waals surface area contributed by atoms with Crippen molar-refractivity contribution in [2.45, 2.75) is 39.4 Å². The predicted octanol–water partition coefficient (Wildman–Crippen LogP) is 3.79. The normalized spacial score (nSPS) is 15.7. The van der Waals surface area contributed by atoms with E-state index in [1.165, 1.54) is 21.6 Å². The Balaban J connectivity index is 0.00000243. The lowest BCUT2D eigenvalue weighted by molar-refractivity contribution is 0.191. The molecule has 2 aromatic rings. The van der Waals surface area contributed by atoms with Crippen LogP contribution < -0.4 is 10.6 Å². The minimum atomic E-state index is 0. The number of benzene rings is 1. The first kappa shape index (κ1) is 21.2. The standard InChI is InChI=1S/C20H28N4S.HI/c1-15-9-11-25-19(15)13-23-20(21-3)22-12-16(2)24-10-8-17-6-4-5-7-18(17)14-24;/h4-7,9,11,16H,8,10,12-14H2,1-3H3,(H2,21,22,23);1H. The van der Waals surface area contributed by atoms with Gasteiger partial charge in [0.1, 0.15) is 0 Å². The van der Waals surface area contributed by atoms with Gasteiger partial charge in [-0.1, -0.05) is 24.3 Å². The Morgan fingerprint density at radius 2 is 2.00 bits per heavy atom. The minimum Gasteiger partial charge on any atom is -0.355 e. The summed E-state index contributed by atoms with van der Waals surface area (Å²) in [5, 5.41) is 9.03. The second kappa shape index (κ2) is 10.3. The number of hydrogen-bond donors (Lipinski definition) is 2. The Hall–Kier alpha value is -1.12. The number of guanidine groups is 1. The van der Waals surface area contributed by atoms with Gasteiger partial charge in [-0.2, -0.15) is 0 Å². The van der Waals surface area contributed by atoms with Gasteiger partial charge < -0.3 is 10.6 Å². The Morgan fingerprint density at radius 3 is 2.69 bits per heavy atom. The molecule has 0 radical (unpaired) electrons. The third-order valence-corrected chi connectivity index (χ3v) is 5.98. The van der Waals surface area contributed by atoms with Gasteiger partial charge in [-0.15, -0.1) is 35.3 Å². The van der Waals surface area contributed by atoms with Crippen LogP contribution in [0.4, 0.5) is 0 Å². The Bertz CT molecular complexity index is 728. The van der Waals surface area contributed by atoms with Crippen molar-refractivity contribution in [2.75, 3.05) is 20.1 Å². The fourth-order valence-electron chi connectivity index (χ4n) is 3.24. The molecule has 26 heavy (non-hydrogen) atoms. The Labute approximate surface area is 178 Å². The predicted molar refractivity (Wildman–Crippen MR) is 123 cm³/mol. The van der Waals surface area contributed by atoms with E-state index in [2.05, 4.69) is 70.1 Å². The summed E-state index contributed by atoms with van der Waals surface area (Å²) < 4.78 is 0. The monoisotopic (exact) mass is 484 g/mol. The van der Waals surface area contributed by atoms with Crippen LogP contribution in [0.25, 0.3) is 0 Å². The fraction of sp³-hybridized carbons (Fsp3) is 0.450. The van der Waals surface area contributed by atoms with Gasteiger partial charge in [0.05, 0.1) is 6.54 Å². The lowest BCUT2D eigenvalue weighted by Crippen LogP contribution is -2.47. The van der Waals surface area contributed by atoms with E-state index >= 15 is 0 Å². The highest BCUT2D eigenvalue weighted by Gasteiger charge is 2.20. The van der Waals surface area contributed by atoms with Crippen LogP contribution in [0.1, 0.15) is 28.5 Å². The summed E-state index contributed by atoms with van der Waals surface area (Å²) in [4.78, 5) is 8.26. The molecule has 1 atom stereocenters. The SMILES string of the molecule is CN=C(NCc1sccc1C)NCC(C)N1CCc2ccccc2C1.I. The van der Waals surface area contributed by atoms with Gasteiger partial charge >= 0.3 is 0 Å². The van der Waals surface area contributed by atoms with Gasteiger partial charge in [0.2, 0.25) is 0 Å². The van der Waals surface area contributed by atoms with E-state index in [0.717, 1.165) is 38.6 Å². The van der Waals surface area contributed by atoms with E-state index < -0.39 is 0 Å². The number of nitrogens with one attached hydrogen (secondary N) is 2. The maximum atomic E-state index is 4.35. The van der Waals surface area contributed by atoms with Gasteiger partial charge in [0.15, 0.2) is 5.96 Å². The molecule has 4 nitrogen and oxygen atoms in total. The number of halogens is 1. The number of hydrogen-bond acceptors (Lipinski definition) is 3. The first-order valence-corrected chi connectivity index (χ1v) is 9.83. The third kappa shape index (κ3) is 5.44. The van der Waals surface area contributed by atoms with Crippen molar-refractivity contribution in [1.82, 2.24) is 15.5 Å². The summed E-state index contributed by atoms with van der Waals surface area (Å²) in [5.74, 6) is 0.872. The van der Waals surface area contributed by atoms with Crippen LogP contribution in [0.5, 0.6) is 0 Å². The maximum Gasteiger partial charge on any atom is 0.191 e. The molecule has 0 amide bonds. The zero-order valence-corrected chi connectivity index (χ0v) is 18.9. The highest BCUT2D eigenvalue weighted by molar-refractivity contribution is 14.0. The molecule has 0 saturated heterocycles. The number of thiophene rings is 1. The zero-order chi connectivity index (χ0) is 17.6. The van der Waals surface area contributed by atoms with Crippen LogP contribution >= 0.6 is 35.3 Å². The van der Waals surface area contributed by atoms with Crippen molar-refractivity contribution in [1.29, 1.82) is 0 Å². The molecule has 0 fully saturated rings. The molecule has 1 aliphatic rings. The first-order chi connectivity index (χ1) is 12.2. The van der Waals surface area contributed by atoms with E-state index in [1.54, 1.807) is 11.3 Å². The summed E-state index contributed by atoms with van der Waals surface area (Å²) in [7, 11) is 1.83. The van der Waals surface area contributed by atoms with E-state index in [4.69, 9.17) is 0 Å². The average molecular weight is 484 g/mol. The van der Waals surface area contributed by atoms with Gasteiger partial charge in [0.25, 0.3) is 0 Å². The third-order valence-electron chi connectivity index (χ3n) is 4.96. The molecule has 6 heteroatoms. The topological polar surface area (TPSA) is 39.7 Å². The van der Waals surface area contributed by atoms with Crippen LogP contribution in [0.15, 0.2) is 40.7 Å². The van der Waals surface area contributed by atoms with Crippen LogP contribution in [-0.2, 0) is 19.5 Å². The molecule has 1 aromatic heterocycles. The highest BCUT2D eigenvalue weighted by Crippen LogP contribution is 2.20. The number of aryl methyl sites for hydroxylation is 1. The largest absolute Gasteiger partial charge is 0.355 e. The van der Waals surface area contributed by atoms with Gasteiger partial charge in [-0.25, -0.2) is 0 Å². The Morgan fingerprint density at radius 1 is 1.23 bits per heavy atom. The van der Waals surface area contributed by atoms with Crippen molar-refractivity contribution < 1.29 is 0 Å². The number of aliphatic imine (C=N–C) groups is 1. The number of nitrogens with zero attached hydrogens (tertiary/aromatic N) is 2. The molecule has 0 bridgehead atoms. The molecular weight excluding hydrogens is 455 g/mol. The second-order valence-corrected chi connectivity index (χ2v) is 7.67. The molecular formula is C20H29IN4S. The number of fused-ring (bicyclic) bond motifs is 1. The Kier molecular flexibility index (Phi) is 8.37. The smallest absolute Gasteiger partial charge is 0.191 e. The van der Waals surface area contributed by atoms with Crippen molar-refractivity contribution >= 4 is 41.3 Å². The van der Waals surface area contributed by atoms with E-state index in [0.29, 0.717) is 6.04 Å². The molecule has 1 unspecified atom stereocenters. The maximum absolute atomic E-state index is 4.35. The summed E-state index contributed by atoms with van der Waals surface area (Å²) in [6, 6.07) is 11.4. The average Bonchev–Trinajstić information content (AvgIpc) is 3.06. The van der Waals surface area contributed by atoms with Crippen LogP contribution in [0, 0.1) is 6.92 Å². The lowest BCUT2D eigenvalue weighted by atomic mass is 9.99. The molecule has 3 rings (SSSR count). The molecule has 142 valence electrons. The molecule has 0 aliphatic carbocycles. The molecule has 0 spiro atoms. The van der Waals surface area contributed by atoms with E-state index in [9.17, 15) is 0 Å². The summed E-state index contributed by atoms with van der Waals surface area (Å²) in [5.41, 5.74) is 4.31. The minimum absolute atomic E-state index is 0. The van der Waals surface area contributed by atoms with Crippen molar-refractivity contribution in [3.8, 4) is 0 Å². The molecule has 2 N–H and O–H groups in total. The lowest BCUT2D eigenvalue weighted by Gasteiger charge is -2.34. The number of rotatable bonds is 5. The second-order valence-electron chi connectivity index (χ2n) is 6.67.